The molecule has 1 heterocycles. The van der Waals surface area contributed by atoms with Crippen LogP contribution in [0.1, 0.15) is 29.1 Å². The number of alkyl halides is 2. The van der Waals surface area contributed by atoms with Gasteiger partial charge < -0.3 is 10.4 Å². The molecule has 2 rings (SSSR count). The van der Waals surface area contributed by atoms with Gasteiger partial charge >= 0.3 is 5.92 Å². The van der Waals surface area contributed by atoms with E-state index in [1.165, 1.54) is 11.3 Å². The topological polar surface area (TPSA) is 62.2 Å². The van der Waals surface area contributed by atoms with Crippen molar-refractivity contribution in [2.45, 2.75) is 44.3 Å². The summed E-state index contributed by atoms with van der Waals surface area (Å²) in [5.74, 6) is -5.17. The first-order valence-electron chi connectivity index (χ1n) is 5.65. The van der Waals surface area contributed by atoms with Gasteiger partial charge in [-0.25, -0.2) is 4.98 Å². The van der Waals surface area contributed by atoms with E-state index in [0.717, 1.165) is 4.88 Å². The number of aliphatic hydroxyl groups is 1. The van der Waals surface area contributed by atoms with Crippen LogP contribution in [0.4, 0.5) is 8.78 Å². The van der Waals surface area contributed by atoms with Crippen molar-refractivity contribution in [3.63, 3.8) is 0 Å². The van der Waals surface area contributed by atoms with Crippen molar-refractivity contribution < 1.29 is 18.7 Å². The molecule has 1 fully saturated rings. The highest BCUT2D eigenvalue weighted by Crippen LogP contribution is 2.44. The predicted molar refractivity (Wildman–Crippen MR) is 62.4 cm³/mol. The molecule has 0 unspecified atom stereocenters. The zero-order valence-corrected chi connectivity index (χ0v) is 10.7. The minimum Gasteiger partial charge on any atom is -0.383 e. The lowest BCUT2D eigenvalue weighted by Gasteiger charge is -2.41. The number of aryl methyl sites for hydroxylation is 1. The highest BCUT2D eigenvalue weighted by Gasteiger charge is 2.61. The highest BCUT2D eigenvalue weighted by molar-refractivity contribution is 7.11. The molecule has 0 aliphatic heterocycles. The summed E-state index contributed by atoms with van der Waals surface area (Å²) in [6.07, 6.45) is 2.06. The highest BCUT2D eigenvalue weighted by atomic mass is 32.1. The van der Waals surface area contributed by atoms with Crippen LogP contribution >= 0.6 is 11.3 Å². The Balaban J connectivity index is 1.95. The second-order valence-electron chi connectivity index (χ2n) is 4.51. The maximum atomic E-state index is 13.7. The molecule has 0 radical (unpaired) electrons. The Morgan fingerprint density at radius 1 is 1.67 bits per heavy atom. The summed E-state index contributed by atoms with van der Waals surface area (Å²) in [5, 5.41) is 12.3. The Labute approximate surface area is 107 Å². The lowest BCUT2D eigenvalue weighted by molar-refractivity contribution is -0.216. The van der Waals surface area contributed by atoms with Gasteiger partial charge in [-0.15, -0.1) is 11.3 Å². The molecular weight excluding hydrogens is 262 g/mol. The minimum atomic E-state index is -3.74. The van der Waals surface area contributed by atoms with Crippen molar-refractivity contribution in [1.82, 2.24) is 10.3 Å². The maximum Gasteiger partial charge on any atom is 0.352 e. The van der Waals surface area contributed by atoms with E-state index in [2.05, 4.69) is 10.3 Å². The number of rotatable bonds is 4. The number of thiazole rings is 1. The van der Waals surface area contributed by atoms with Gasteiger partial charge in [-0.2, -0.15) is 8.78 Å². The Hall–Kier alpha value is -1.08. The van der Waals surface area contributed by atoms with Crippen LogP contribution < -0.4 is 5.32 Å². The molecule has 1 aromatic rings. The average Bonchev–Trinajstić information content (AvgIpc) is 2.68. The van der Waals surface area contributed by atoms with E-state index in [-0.39, 0.29) is 19.4 Å². The lowest BCUT2D eigenvalue weighted by atomic mass is 9.75. The SMILES string of the molecule is Cc1cnc(CNC(=O)C(F)(F)C2(O)CCC2)s1. The summed E-state index contributed by atoms with van der Waals surface area (Å²) in [5.41, 5.74) is -2.17. The van der Waals surface area contributed by atoms with E-state index in [0.29, 0.717) is 11.4 Å². The first-order valence-corrected chi connectivity index (χ1v) is 6.47. The third-order valence-electron chi connectivity index (χ3n) is 3.12. The molecule has 1 aliphatic carbocycles. The number of carbonyl (C=O) groups excluding carboxylic acids is 1. The predicted octanol–water partition coefficient (Wildman–Crippen LogP) is 1.62. The third-order valence-corrected chi connectivity index (χ3v) is 4.03. The number of halogens is 2. The molecule has 1 aromatic heterocycles. The number of nitrogens with one attached hydrogen (secondary N) is 1. The molecular formula is C11H14F2N2O2S. The zero-order valence-electron chi connectivity index (χ0n) is 9.87. The molecule has 7 heteroatoms. The van der Waals surface area contributed by atoms with Gasteiger partial charge in [0, 0.05) is 11.1 Å². The molecule has 0 spiro atoms. The van der Waals surface area contributed by atoms with Gasteiger partial charge in [0.15, 0.2) is 0 Å². The second-order valence-corrected chi connectivity index (χ2v) is 5.83. The minimum absolute atomic E-state index is 0.0379. The van der Waals surface area contributed by atoms with Crippen LogP contribution in [0.2, 0.25) is 0 Å². The number of nitrogens with zero attached hydrogens (tertiary/aromatic N) is 1. The van der Waals surface area contributed by atoms with Crippen molar-refractivity contribution in [3.05, 3.63) is 16.1 Å². The molecule has 1 aliphatic rings. The van der Waals surface area contributed by atoms with Crippen molar-refractivity contribution in [2.75, 3.05) is 0 Å². The van der Waals surface area contributed by atoms with Crippen LogP contribution in [0.5, 0.6) is 0 Å². The van der Waals surface area contributed by atoms with Gasteiger partial charge in [0.25, 0.3) is 5.91 Å². The summed E-state index contributed by atoms with van der Waals surface area (Å²) >= 11 is 1.33. The normalized spacial score (nSPS) is 18.2. The van der Waals surface area contributed by atoms with Gasteiger partial charge in [0.05, 0.1) is 6.54 Å². The van der Waals surface area contributed by atoms with Crippen LogP contribution in [0.15, 0.2) is 6.20 Å². The van der Waals surface area contributed by atoms with Crippen molar-refractivity contribution in [2.24, 2.45) is 0 Å². The molecule has 0 bridgehead atoms. The van der Waals surface area contributed by atoms with Crippen LogP contribution in [0.3, 0.4) is 0 Å². The number of carbonyl (C=O) groups is 1. The van der Waals surface area contributed by atoms with Crippen LogP contribution in [-0.2, 0) is 11.3 Å². The Kier molecular flexibility index (Phi) is 3.37. The smallest absolute Gasteiger partial charge is 0.352 e. The van der Waals surface area contributed by atoms with Crippen LogP contribution in [0.25, 0.3) is 0 Å². The Morgan fingerprint density at radius 3 is 2.78 bits per heavy atom. The van der Waals surface area contributed by atoms with Crippen molar-refractivity contribution in [3.8, 4) is 0 Å². The molecule has 18 heavy (non-hydrogen) atoms. The standard InChI is InChI=1S/C11H14F2N2O2S/c1-7-5-14-8(18-7)6-15-9(16)11(12,13)10(17)3-2-4-10/h5,17H,2-4,6H2,1H3,(H,15,16). The molecule has 2 N–H and O–H groups in total. The lowest BCUT2D eigenvalue weighted by Crippen LogP contribution is -2.60. The third kappa shape index (κ3) is 2.24. The molecule has 4 nitrogen and oxygen atoms in total. The van der Waals surface area contributed by atoms with Gasteiger partial charge in [0.1, 0.15) is 10.6 Å². The molecule has 1 saturated carbocycles. The van der Waals surface area contributed by atoms with Crippen molar-refractivity contribution in [1.29, 1.82) is 0 Å². The average molecular weight is 276 g/mol. The number of aromatic nitrogens is 1. The van der Waals surface area contributed by atoms with E-state index < -0.39 is 17.4 Å². The zero-order chi connectivity index (χ0) is 13.4. The number of hydrogen-bond donors (Lipinski definition) is 2. The first-order chi connectivity index (χ1) is 8.35. The van der Waals surface area contributed by atoms with E-state index in [1.54, 1.807) is 6.20 Å². The van der Waals surface area contributed by atoms with Gasteiger partial charge in [-0.3, -0.25) is 4.79 Å². The fourth-order valence-corrected chi connectivity index (χ4v) is 2.51. The first kappa shape index (κ1) is 13.4. The monoisotopic (exact) mass is 276 g/mol. The summed E-state index contributed by atoms with van der Waals surface area (Å²) in [6.45, 7) is 1.80. The molecule has 1 amide bonds. The fraction of sp³-hybridized carbons (Fsp3) is 0.636. The Morgan fingerprint density at radius 2 is 2.33 bits per heavy atom. The maximum absolute atomic E-state index is 13.7. The summed E-state index contributed by atoms with van der Waals surface area (Å²) in [7, 11) is 0. The van der Waals surface area contributed by atoms with Crippen LogP contribution in [-0.4, -0.2) is 27.5 Å². The molecule has 0 aromatic carbocycles. The van der Waals surface area contributed by atoms with E-state index >= 15 is 0 Å². The van der Waals surface area contributed by atoms with E-state index in [9.17, 15) is 18.7 Å². The largest absolute Gasteiger partial charge is 0.383 e. The summed E-state index contributed by atoms with van der Waals surface area (Å²) in [6, 6.07) is 0. The van der Waals surface area contributed by atoms with Crippen molar-refractivity contribution >= 4 is 17.2 Å². The van der Waals surface area contributed by atoms with E-state index in [1.807, 2.05) is 6.92 Å². The second kappa shape index (κ2) is 4.55. The quantitative estimate of drug-likeness (QED) is 0.878. The molecule has 0 atom stereocenters. The summed E-state index contributed by atoms with van der Waals surface area (Å²) in [4.78, 5) is 16.4. The number of hydrogen-bond acceptors (Lipinski definition) is 4. The summed E-state index contributed by atoms with van der Waals surface area (Å²) < 4.78 is 27.4. The van der Waals surface area contributed by atoms with Crippen LogP contribution in [0, 0.1) is 6.92 Å². The van der Waals surface area contributed by atoms with Gasteiger partial charge in [0.2, 0.25) is 0 Å². The molecule has 0 saturated heterocycles. The number of amides is 1. The van der Waals surface area contributed by atoms with Gasteiger partial charge in [-0.1, -0.05) is 0 Å². The molecule has 100 valence electrons. The van der Waals surface area contributed by atoms with Gasteiger partial charge in [-0.05, 0) is 26.2 Å². The van der Waals surface area contributed by atoms with E-state index in [4.69, 9.17) is 0 Å². The Bertz CT molecular complexity index is 458. The fourth-order valence-electron chi connectivity index (χ4n) is 1.79.